The molecule has 3 heteroatoms. The molecule has 0 aliphatic heterocycles. The summed E-state index contributed by atoms with van der Waals surface area (Å²) in [6, 6.07) is 0.649. The molecular weight excluding hydrogens is 234 g/mol. The first kappa shape index (κ1) is 14.4. The Balaban J connectivity index is 1.84. The monoisotopic (exact) mass is 263 g/mol. The average molecular weight is 263 g/mol. The molecule has 0 spiro atoms. The van der Waals surface area contributed by atoms with Gasteiger partial charge >= 0.3 is 0 Å². The van der Waals surface area contributed by atoms with Gasteiger partial charge in [0, 0.05) is 18.8 Å². The third kappa shape index (κ3) is 4.55. The number of anilines is 1. The number of nitrogens with one attached hydrogen (secondary N) is 1. The molecule has 1 saturated carbocycles. The number of nitrogens with zero attached hydrogens (tertiary/aromatic N) is 2. The van der Waals surface area contributed by atoms with E-state index in [4.69, 9.17) is 0 Å². The van der Waals surface area contributed by atoms with Crippen LogP contribution in [0, 0.1) is 12.8 Å². The number of aromatic nitrogens is 2. The third-order valence-electron chi connectivity index (χ3n) is 4.02. The van der Waals surface area contributed by atoms with E-state index in [1.165, 1.54) is 44.9 Å². The summed E-state index contributed by atoms with van der Waals surface area (Å²) in [5, 5.41) is 3.63. The summed E-state index contributed by atoms with van der Waals surface area (Å²) < 4.78 is 2.31. The maximum absolute atomic E-state index is 4.64. The standard InChI is InChI=1S/C16H29N3/c1-13(2)8-6-7-11-19-12-14(3)17-16(19)18-15-9-4-5-10-15/h12-13,15H,4-11H2,1-3H3,(H,17,18). The van der Waals surface area contributed by atoms with Crippen molar-refractivity contribution in [3.63, 3.8) is 0 Å². The summed E-state index contributed by atoms with van der Waals surface area (Å²) >= 11 is 0. The van der Waals surface area contributed by atoms with Gasteiger partial charge < -0.3 is 9.88 Å². The number of aryl methyl sites for hydroxylation is 2. The highest BCUT2D eigenvalue weighted by Gasteiger charge is 2.17. The maximum Gasteiger partial charge on any atom is 0.203 e. The van der Waals surface area contributed by atoms with Gasteiger partial charge in [-0.25, -0.2) is 4.98 Å². The summed E-state index contributed by atoms with van der Waals surface area (Å²) in [6.07, 6.45) is 11.4. The van der Waals surface area contributed by atoms with Crippen LogP contribution in [0.15, 0.2) is 6.20 Å². The summed E-state index contributed by atoms with van der Waals surface area (Å²) in [5.41, 5.74) is 1.13. The predicted molar refractivity (Wildman–Crippen MR) is 81.5 cm³/mol. The van der Waals surface area contributed by atoms with E-state index < -0.39 is 0 Å². The molecule has 3 nitrogen and oxygen atoms in total. The lowest BCUT2D eigenvalue weighted by Crippen LogP contribution is -2.18. The molecule has 1 aromatic heterocycles. The Hall–Kier alpha value is -0.990. The number of imidazole rings is 1. The van der Waals surface area contributed by atoms with Gasteiger partial charge in [-0.1, -0.05) is 39.5 Å². The number of hydrogen-bond donors (Lipinski definition) is 1. The second-order valence-corrected chi connectivity index (χ2v) is 6.41. The van der Waals surface area contributed by atoms with Crippen molar-refractivity contribution in [2.24, 2.45) is 5.92 Å². The van der Waals surface area contributed by atoms with Gasteiger partial charge in [-0.2, -0.15) is 0 Å². The Labute approximate surface area is 117 Å². The van der Waals surface area contributed by atoms with E-state index in [-0.39, 0.29) is 0 Å². The van der Waals surface area contributed by atoms with Crippen molar-refractivity contribution in [1.82, 2.24) is 9.55 Å². The molecule has 0 atom stereocenters. The van der Waals surface area contributed by atoms with Crippen LogP contribution in [0.2, 0.25) is 0 Å². The molecule has 108 valence electrons. The first-order chi connectivity index (χ1) is 9.15. The highest BCUT2D eigenvalue weighted by molar-refractivity contribution is 5.30. The van der Waals surface area contributed by atoms with Gasteiger partial charge in [0.15, 0.2) is 0 Å². The van der Waals surface area contributed by atoms with Crippen LogP contribution in [-0.4, -0.2) is 15.6 Å². The van der Waals surface area contributed by atoms with Crippen LogP contribution in [0.3, 0.4) is 0 Å². The second-order valence-electron chi connectivity index (χ2n) is 6.41. The van der Waals surface area contributed by atoms with Crippen molar-refractivity contribution in [2.45, 2.75) is 78.3 Å². The smallest absolute Gasteiger partial charge is 0.203 e. The fraction of sp³-hybridized carbons (Fsp3) is 0.812. The fourth-order valence-electron chi connectivity index (χ4n) is 2.92. The Morgan fingerprint density at radius 1 is 1.32 bits per heavy atom. The average Bonchev–Trinajstić information content (AvgIpc) is 2.95. The molecule has 1 aliphatic rings. The van der Waals surface area contributed by atoms with E-state index in [2.05, 4.69) is 41.8 Å². The zero-order valence-electron chi connectivity index (χ0n) is 12.8. The Bertz CT molecular complexity index is 375. The van der Waals surface area contributed by atoms with E-state index >= 15 is 0 Å². The first-order valence-electron chi connectivity index (χ1n) is 7.95. The molecule has 1 fully saturated rings. The molecule has 0 unspecified atom stereocenters. The lowest BCUT2D eigenvalue weighted by atomic mass is 10.1. The first-order valence-corrected chi connectivity index (χ1v) is 7.95. The Morgan fingerprint density at radius 2 is 2.05 bits per heavy atom. The van der Waals surface area contributed by atoms with Gasteiger partial charge in [-0.15, -0.1) is 0 Å². The highest BCUT2D eigenvalue weighted by Crippen LogP contribution is 2.22. The van der Waals surface area contributed by atoms with E-state index in [0.29, 0.717) is 6.04 Å². The predicted octanol–water partition coefficient (Wildman–Crippen LogP) is 4.37. The number of hydrogen-bond acceptors (Lipinski definition) is 2. The SMILES string of the molecule is Cc1cn(CCCCC(C)C)c(NC2CCCC2)n1. The highest BCUT2D eigenvalue weighted by atomic mass is 15.2. The molecule has 19 heavy (non-hydrogen) atoms. The zero-order valence-corrected chi connectivity index (χ0v) is 12.8. The minimum absolute atomic E-state index is 0.649. The van der Waals surface area contributed by atoms with Crippen molar-refractivity contribution in [1.29, 1.82) is 0 Å². The van der Waals surface area contributed by atoms with Crippen LogP contribution in [-0.2, 0) is 6.54 Å². The summed E-state index contributed by atoms with van der Waals surface area (Å²) in [4.78, 5) is 4.64. The Kier molecular flexibility index (Phi) is 5.29. The summed E-state index contributed by atoms with van der Waals surface area (Å²) in [5.74, 6) is 1.91. The van der Waals surface area contributed by atoms with Gasteiger partial charge in [0.05, 0.1) is 5.69 Å². The van der Waals surface area contributed by atoms with Crippen molar-refractivity contribution < 1.29 is 0 Å². The van der Waals surface area contributed by atoms with Gasteiger partial charge in [0.1, 0.15) is 0 Å². The fourth-order valence-corrected chi connectivity index (χ4v) is 2.92. The van der Waals surface area contributed by atoms with E-state index in [1.807, 2.05) is 0 Å². The summed E-state index contributed by atoms with van der Waals surface area (Å²) in [6.45, 7) is 7.79. The molecule has 1 aliphatic carbocycles. The number of rotatable bonds is 7. The zero-order chi connectivity index (χ0) is 13.7. The molecule has 1 aromatic rings. The molecule has 0 amide bonds. The van der Waals surface area contributed by atoms with Gasteiger partial charge in [0.2, 0.25) is 5.95 Å². The Morgan fingerprint density at radius 3 is 2.74 bits per heavy atom. The lowest BCUT2D eigenvalue weighted by molar-refractivity contribution is 0.509. The molecular formula is C16H29N3. The normalized spacial score (nSPS) is 16.4. The van der Waals surface area contributed by atoms with Gasteiger partial charge in [0.25, 0.3) is 0 Å². The van der Waals surface area contributed by atoms with Gasteiger partial charge in [-0.3, -0.25) is 0 Å². The van der Waals surface area contributed by atoms with Crippen LogP contribution >= 0.6 is 0 Å². The molecule has 0 bridgehead atoms. The molecule has 0 radical (unpaired) electrons. The molecule has 0 saturated heterocycles. The van der Waals surface area contributed by atoms with Crippen LogP contribution < -0.4 is 5.32 Å². The minimum Gasteiger partial charge on any atom is -0.353 e. The lowest BCUT2D eigenvalue weighted by Gasteiger charge is -2.14. The van der Waals surface area contributed by atoms with E-state index in [9.17, 15) is 0 Å². The van der Waals surface area contributed by atoms with Crippen molar-refractivity contribution in [3.05, 3.63) is 11.9 Å². The van der Waals surface area contributed by atoms with E-state index in [1.54, 1.807) is 0 Å². The molecule has 1 N–H and O–H groups in total. The topological polar surface area (TPSA) is 29.9 Å². The minimum atomic E-state index is 0.649. The maximum atomic E-state index is 4.64. The number of unbranched alkanes of at least 4 members (excludes halogenated alkanes) is 1. The van der Waals surface area contributed by atoms with Crippen molar-refractivity contribution in [2.75, 3.05) is 5.32 Å². The second kappa shape index (κ2) is 6.97. The third-order valence-corrected chi connectivity index (χ3v) is 4.02. The van der Waals surface area contributed by atoms with Gasteiger partial charge in [-0.05, 0) is 32.1 Å². The van der Waals surface area contributed by atoms with Crippen LogP contribution in [0.1, 0.15) is 64.5 Å². The van der Waals surface area contributed by atoms with Crippen LogP contribution in [0.4, 0.5) is 5.95 Å². The summed E-state index contributed by atoms with van der Waals surface area (Å²) in [7, 11) is 0. The van der Waals surface area contributed by atoms with Crippen molar-refractivity contribution in [3.8, 4) is 0 Å². The largest absolute Gasteiger partial charge is 0.353 e. The van der Waals surface area contributed by atoms with Crippen LogP contribution in [0.5, 0.6) is 0 Å². The molecule has 2 rings (SSSR count). The molecule has 1 heterocycles. The quantitative estimate of drug-likeness (QED) is 0.740. The van der Waals surface area contributed by atoms with Crippen molar-refractivity contribution >= 4 is 5.95 Å². The molecule has 0 aromatic carbocycles. The van der Waals surface area contributed by atoms with E-state index in [0.717, 1.165) is 24.1 Å². The van der Waals surface area contributed by atoms with Crippen LogP contribution in [0.25, 0.3) is 0 Å².